The Labute approximate surface area is 75.9 Å². The first-order valence-electron chi connectivity index (χ1n) is 5.02. The van der Waals surface area contributed by atoms with Gasteiger partial charge in [-0.25, -0.2) is 0 Å². The third kappa shape index (κ3) is 3.11. The van der Waals surface area contributed by atoms with Crippen LogP contribution in [0.25, 0.3) is 0 Å². The maximum Gasteiger partial charge on any atom is 0.0518 e. The van der Waals surface area contributed by atoms with Crippen molar-refractivity contribution in [2.75, 3.05) is 32.8 Å². The maximum absolute atomic E-state index is 5.57. The van der Waals surface area contributed by atoms with Crippen molar-refractivity contribution in [2.24, 2.45) is 11.8 Å². The minimum atomic E-state index is 0.673. The van der Waals surface area contributed by atoms with Gasteiger partial charge in [0.2, 0.25) is 0 Å². The molecule has 0 radical (unpaired) electrons. The lowest BCUT2D eigenvalue weighted by molar-refractivity contribution is 0.00911. The van der Waals surface area contributed by atoms with Crippen LogP contribution in [-0.4, -0.2) is 37.7 Å². The Bertz CT molecular complexity index is 119. The third-order valence-electron chi connectivity index (χ3n) is 2.28. The van der Waals surface area contributed by atoms with Crippen LogP contribution in [-0.2, 0) is 4.74 Å². The highest BCUT2D eigenvalue weighted by Gasteiger charge is 2.24. The minimum absolute atomic E-state index is 0.673. The fraction of sp³-hybridized carbons (Fsp3) is 1.00. The molecule has 0 aromatic heterocycles. The van der Waals surface area contributed by atoms with Crippen molar-refractivity contribution < 1.29 is 4.74 Å². The number of likely N-dealkylation sites (tertiary alicyclic amines) is 1. The summed E-state index contributed by atoms with van der Waals surface area (Å²) in [5.74, 6) is 1.48. The smallest absolute Gasteiger partial charge is 0.0518 e. The summed E-state index contributed by atoms with van der Waals surface area (Å²) in [5.41, 5.74) is 0. The Hall–Kier alpha value is -0.0800. The topological polar surface area (TPSA) is 12.5 Å². The summed E-state index contributed by atoms with van der Waals surface area (Å²) in [6, 6.07) is 0. The van der Waals surface area contributed by atoms with Gasteiger partial charge in [0.1, 0.15) is 0 Å². The molecule has 0 amide bonds. The second-order valence-corrected chi connectivity index (χ2v) is 4.15. The van der Waals surface area contributed by atoms with Crippen LogP contribution in [0.3, 0.4) is 0 Å². The first kappa shape index (κ1) is 10.0. The second-order valence-electron chi connectivity index (χ2n) is 4.15. The van der Waals surface area contributed by atoms with Crippen LogP contribution in [0.15, 0.2) is 0 Å². The van der Waals surface area contributed by atoms with Crippen molar-refractivity contribution in [3.8, 4) is 0 Å². The number of rotatable bonds is 5. The van der Waals surface area contributed by atoms with Crippen LogP contribution < -0.4 is 0 Å². The van der Waals surface area contributed by atoms with Gasteiger partial charge in [0.25, 0.3) is 0 Å². The molecule has 1 saturated heterocycles. The molecule has 72 valence electrons. The molecule has 0 N–H and O–H groups in total. The largest absolute Gasteiger partial charge is 0.381 e. The number of hydrogen-bond acceptors (Lipinski definition) is 2. The van der Waals surface area contributed by atoms with E-state index in [9.17, 15) is 0 Å². The van der Waals surface area contributed by atoms with Crippen LogP contribution in [0.2, 0.25) is 0 Å². The first-order valence-corrected chi connectivity index (χ1v) is 5.02. The molecule has 0 spiro atoms. The first-order chi connectivity index (χ1) is 5.72. The van der Waals surface area contributed by atoms with E-state index in [0.29, 0.717) is 5.92 Å². The summed E-state index contributed by atoms with van der Waals surface area (Å²) in [5, 5.41) is 0. The monoisotopic (exact) mass is 171 g/mol. The van der Waals surface area contributed by atoms with E-state index in [1.54, 1.807) is 0 Å². The molecule has 1 rings (SSSR count). The molecule has 0 atom stereocenters. The molecule has 1 fully saturated rings. The Morgan fingerprint density at radius 3 is 2.58 bits per heavy atom. The zero-order chi connectivity index (χ0) is 8.97. The van der Waals surface area contributed by atoms with E-state index in [0.717, 1.165) is 19.1 Å². The summed E-state index contributed by atoms with van der Waals surface area (Å²) in [6.07, 6.45) is 0. The average molecular weight is 171 g/mol. The summed E-state index contributed by atoms with van der Waals surface area (Å²) in [4.78, 5) is 2.45. The lowest BCUT2D eigenvalue weighted by atomic mass is 10.0. The zero-order valence-corrected chi connectivity index (χ0v) is 8.55. The highest BCUT2D eigenvalue weighted by molar-refractivity contribution is 4.78. The Balaban J connectivity index is 1.90. The van der Waals surface area contributed by atoms with E-state index < -0.39 is 0 Å². The van der Waals surface area contributed by atoms with Crippen molar-refractivity contribution in [3.63, 3.8) is 0 Å². The normalized spacial score (nSPS) is 20.0. The van der Waals surface area contributed by atoms with Crippen molar-refractivity contribution in [1.82, 2.24) is 4.90 Å². The van der Waals surface area contributed by atoms with Gasteiger partial charge in [-0.3, -0.25) is 0 Å². The predicted octanol–water partition coefficient (Wildman–Crippen LogP) is 1.61. The minimum Gasteiger partial charge on any atom is -0.381 e. The fourth-order valence-electron chi connectivity index (χ4n) is 1.51. The lowest BCUT2D eigenvalue weighted by Crippen LogP contribution is -2.48. The quantitative estimate of drug-likeness (QED) is 0.623. The van der Waals surface area contributed by atoms with Gasteiger partial charge in [-0.15, -0.1) is 0 Å². The van der Waals surface area contributed by atoms with Crippen LogP contribution in [0, 0.1) is 11.8 Å². The molecule has 2 heteroatoms. The highest BCUT2D eigenvalue weighted by Crippen LogP contribution is 2.14. The van der Waals surface area contributed by atoms with E-state index in [4.69, 9.17) is 4.74 Å². The molecule has 2 nitrogen and oxygen atoms in total. The van der Waals surface area contributed by atoms with Crippen molar-refractivity contribution >= 4 is 0 Å². The summed E-state index contributed by atoms with van der Waals surface area (Å²) < 4.78 is 5.57. The van der Waals surface area contributed by atoms with Crippen LogP contribution in [0.5, 0.6) is 0 Å². The standard InChI is InChI=1S/C10H21NO/c1-4-11-5-10(6-11)8-12-7-9(2)3/h9-10H,4-8H2,1-3H3. The number of hydrogen-bond donors (Lipinski definition) is 0. The molecule has 0 saturated carbocycles. The van der Waals surface area contributed by atoms with Gasteiger partial charge in [-0.1, -0.05) is 20.8 Å². The van der Waals surface area contributed by atoms with E-state index in [-0.39, 0.29) is 0 Å². The van der Waals surface area contributed by atoms with E-state index in [2.05, 4.69) is 25.7 Å². The maximum atomic E-state index is 5.57. The van der Waals surface area contributed by atoms with E-state index in [1.165, 1.54) is 19.6 Å². The molecule has 12 heavy (non-hydrogen) atoms. The lowest BCUT2D eigenvalue weighted by Gasteiger charge is -2.38. The highest BCUT2D eigenvalue weighted by atomic mass is 16.5. The molecule has 0 unspecified atom stereocenters. The molecule has 0 aliphatic carbocycles. The molecule has 1 aliphatic rings. The van der Waals surface area contributed by atoms with E-state index >= 15 is 0 Å². The van der Waals surface area contributed by atoms with Gasteiger partial charge >= 0.3 is 0 Å². The molecular formula is C10H21NO. The van der Waals surface area contributed by atoms with Gasteiger partial charge in [0.05, 0.1) is 6.61 Å². The van der Waals surface area contributed by atoms with Crippen LogP contribution in [0.4, 0.5) is 0 Å². The summed E-state index contributed by atoms with van der Waals surface area (Å²) in [6.45, 7) is 12.2. The molecule has 1 heterocycles. The Morgan fingerprint density at radius 1 is 1.42 bits per heavy atom. The van der Waals surface area contributed by atoms with E-state index in [1.807, 2.05) is 0 Å². The zero-order valence-electron chi connectivity index (χ0n) is 8.55. The molecule has 0 aromatic rings. The van der Waals surface area contributed by atoms with Gasteiger partial charge < -0.3 is 9.64 Å². The second kappa shape index (κ2) is 4.83. The third-order valence-corrected chi connectivity index (χ3v) is 2.28. The van der Waals surface area contributed by atoms with Crippen molar-refractivity contribution in [1.29, 1.82) is 0 Å². The van der Waals surface area contributed by atoms with Crippen LogP contribution in [0.1, 0.15) is 20.8 Å². The summed E-state index contributed by atoms with van der Waals surface area (Å²) in [7, 11) is 0. The Kier molecular flexibility index (Phi) is 4.02. The van der Waals surface area contributed by atoms with Gasteiger partial charge in [0, 0.05) is 25.6 Å². The SMILES string of the molecule is CCN1CC(COCC(C)C)C1. The number of ether oxygens (including phenoxy) is 1. The summed E-state index contributed by atoms with van der Waals surface area (Å²) >= 11 is 0. The predicted molar refractivity (Wildman–Crippen MR) is 51.3 cm³/mol. The molecule has 0 aromatic carbocycles. The molecule has 1 aliphatic heterocycles. The van der Waals surface area contributed by atoms with Crippen LogP contribution >= 0.6 is 0 Å². The van der Waals surface area contributed by atoms with Gasteiger partial charge in [0.15, 0.2) is 0 Å². The molecule has 0 bridgehead atoms. The molecular weight excluding hydrogens is 150 g/mol. The van der Waals surface area contributed by atoms with Gasteiger partial charge in [-0.2, -0.15) is 0 Å². The van der Waals surface area contributed by atoms with Gasteiger partial charge in [-0.05, 0) is 12.5 Å². The average Bonchev–Trinajstić information content (AvgIpc) is 1.93. The van der Waals surface area contributed by atoms with Crippen molar-refractivity contribution in [3.05, 3.63) is 0 Å². The Morgan fingerprint density at radius 2 is 2.08 bits per heavy atom. The number of nitrogens with zero attached hydrogens (tertiary/aromatic N) is 1. The van der Waals surface area contributed by atoms with Crippen molar-refractivity contribution in [2.45, 2.75) is 20.8 Å². The fourth-order valence-corrected chi connectivity index (χ4v) is 1.51.